The van der Waals surface area contributed by atoms with E-state index in [1.54, 1.807) is 18.2 Å². The van der Waals surface area contributed by atoms with Gasteiger partial charge in [0.05, 0.1) is 7.11 Å². The number of aldehydes is 1. The van der Waals surface area contributed by atoms with Crippen molar-refractivity contribution in [1.82, 2.24) is 5.32 Å². The van der Waals surface area contributed by atoms with Crippen molar-refractivity contribution < 1.29 is 18.7 Å². The van der Waals surface area contributed by atoms with Crippen molar-refractivity contribution in [3.8, 4) is 5.75 Å². The van der Waals surface area contributed by atoms with Gasteiger partial charge in [-0.05, 0) is 36.6 Å². The third-order valence-electron chi connectivity index (χ3n) is 4.02. The van der Waals surface area contributed by atoms with Gasteiger partial charge < -0.3 is 14.5 Å². The molecule has 1 heterocycles. The summed E-state index contributed by atoms with van der Waals surface area (Å²) in [6.07, 6.45) is 2.46. The first-order valence-corrected chi connectivity index (χ1v) is 8.10. The first-order chi connectivity index (χ1) is 12.2. The molecule has 128 valence electrons. The number of rotatable bonds is 7. The SMILES string of the molecule is COc1ccc(C=O)c2cc(C(=O)NCCCc3ccccc3)oc12. The molecular formula is C20H19NO4. The summed E-state index contributed by atoms with van der Waals surface area (Å²) in [6, 6.07) is 15.0. The summed E-state index contributed by atoms with van der Waals surface area (Å²) in [7, 11) is 1.52. The second-order valence-electron chi connectivity index (χ2n) is 5.67. The number of ether oxygens (including phenoxy) is 1. The summed E-state index contributed by atoms with van der Waals surface area (Å²) in [5, 5.41) is 3.42. The maximum absolute atomic E-state index is 12.3. The number of fused-ring (bicyclic) bond motifs is 1. The van der Waals surface area contributed by atoms with E-state index in [-0.39, 0.29) is 11.7 Å². The van der Waals surface area contributed by atoms with Crippen LogP contribution in [0.3, 0.4) is 0 Å². The van der Waals surface area contributed by atoms with E-state index in [1.165, 1.54) is 12.7 Å². The van der Waals surface area contributed by atoms with Crippen LogP contribution in [0, 0.1) is 0 Å². The number of hydrogen-bond donors (Lipinski definition) is 1. The van der Waals surface area contributed by atoms with Gasteiger partial charge in [0.1, 0.15) is 0 Å². The van der Waals surface area contributed by atoms with E-state index in [9.17, 15) is 9.59 Å². The van der Waals surface area contributed by atoms with Crippen LogP contribution in [-0.4, -0.2) is 25.8 Å². The first-order valence-electron chi connectivity index (χ1n) is 8.10. The van der Waals surface area contributed by atoms with E-state index in [1.807, 2.05) is 18.2 Å². The van der Waals surface area contributed by atoms with Crippen molar-refractivity contribution in [2.75, 3.05) is 13.7 Å². The molecule has 0 aliphatic heterocycles. The average Bonchev–Trinajstić information content (AvgIpc) is 3.10. The molecule has 2 aromatic carbocycles. The number of hydrogen-bond acceptors (Lipinski definition) is 4. The summed E-state index contributed by atoms with van der Waals surface area (Å²) in [5.74, 6) is 0.356. The van der Waals surface area contributed by atoms with Gasteiger partial charge >= 0.3 is 0 Å². The number of furan rings is 1. The number of carbonyl (C=O) groups is 2. The molecule has 0 aliphatic rings. The zero-order valence-electron chi connectivity index (χ0n) is 14.0. The number of benzene rings is 2. The Labute approximate surface area is 145 Å². The number of carbonyl (C=O) groups excluding carboxylic acids is 2. The third kappa shape index (κ3) is 3.71. The fourth-order valence-electron chi connectivity index (χ4n) is 2.72. The Kier molecular flexibility index (Phi) is 5.14. The van der Waals surface area contributed by atoms with Gasteiger partial charge in [-0.1, -0.05) is 30.3 Å². The lowest BCUT2D eigenvalue weighted by Crippen LogP contribution is -2.24. The Hall–Kier alpha value is -3.08. The molecule has 0 unspecified atom stereocenters. The fourth-order valence-corrected chi connectivity index (χ4v) is 2.72. The van der Waals surface area contributed by atoms with E-state index in [2.05, 4.69) is 17.4 Å². The van der Waals surface area contributed by atoms with E-state index >= 15 is 0 Å². The van der Waals surface area contributed by atoms with Crippen LogP contribution in [0.5, 0.6) is 5.75 Å². The first kappa shape index (κ1) is 16.8. The van der Waals surface area contributed by atoms with Crippen molar-refractivity contribution in [3.05, 3.63) is 65.4 Å². The minimum Gasteiger partial charge on any atom is -0.493 e. The van der Waals surface area contributed by atoms with Gasteiger partial charge in [-0.3, -0.25) is 9.59 Å². The van der Waals surface area contributed by atoms with Crippen LogP contribution >= 0.6 is 0 Å². The lowest BCUT2D eigenvalue weighted by molar-refractivity contribution is 0.0927. The molecule has 0 bridgehead atoms. The minimum absolute atomic E-state index is 0.169. The smallest absolute Gasteiger partial charge is 0.287 e. The van der Waals surface area contributed by atoms with Gasteiger partial charge in [-0.15, -0.1) is 0 Å². The van der Waals surface area contributed by atoms with Gasteiger partial charge in [0.25, 0.3) is 5.91 Å². The molecule has 0 saturated carbocycles. The highest BCUT2D eigenvalue weighted by molar-refractivity contribution is 6.03. The molecule has 0 saturated heterocycles. The monoisotopic (exact) mass is 337 g/mol. The molecule has 1 amide bonds. The highest BCUT2D eigenvalue weighted by Gasteiger charge is 2.17. The van der Waals surface area contributed by atoms with Crippen LogP contribution in [0.25, 0.3) is 11.0 Å². The maximum atomic E-state index is 12.3. The Morgan fingerprint density at radius 2 is 2.00 bits per heavy atom. The molecule has 1 aromatic heterocycles. The Morgan fingerprint density at radius 1 is 1.20 bits per heavy atom. The number of methoxy groups -OCH3 is 1. The van der Waals surface area contributed by atoms with Crippen molar-refractivity contribution in [1.29, 1.82) is 0 Å². The van der Waals surface area contributed by atoms with Gasteiger partial charge in [0.2, 0.25) is 0 Å². The predicted molar refractivity (Wildman–Crippen MR) is 95.2 cm³/mol. The highest BCUT2D eigenvalue weighted by Crippen LogP contribution is 2.30. The lowest BCUT2D eigenvalue weighted by atomic mass is 10.1. The van der Waals surface area contributed by atoms with Crippen LogP contribution in [0.1, 0.15) is 32.9 Å². The predicted octanol–water partition coefficient (Wildman–Crippen LogP) is 3.62. The summed E-state index contributed by atoms with van der Waals surface area (Å²) in [5.41, 5.74) is 2.10. The molecule has 0 fully saturated rings. The van der Waals surface area contributed by atoms with E-state index in [0.717, 1.165) is 19.1 Å². The summed E-state index contributed by atoms with van der Waals surface area (Å²) in [4.78, 5) is 23.5. The second kappa shape index (κ2) is 7.66. The second-order valence-corrected chi connectivity index (χ2v) is 5.67. The van der Waals surface area contributed by atoms with Crippen LogP contribution in [-0.2, 0) is 6.42 Å². The van der Waals surface area contributed by atoms with Gasteiger partial charge in [0, 0.05) is 17.5 Å². The van der Waals surface area contributed by atoms with Crippen molar-refractivity contribution >= 4 is 23.2 Å². The van der Waals surface area contributed by atoms with Crippen molar-refractivity contribution in [2.24, 2.45) is 0 Å². The summed E-state index contributed by atoms with van der Waals surface area (Å²) < 4.78 is 10.8. The number of aryl methyl sites for hydroxylation is 1. The molecule has 3 aromatic rings. The van der Waals surface area contributed by atoms with E-state index < -0.39 is 0 Å². The number of nitrogens with one attached hydrogen (secondary N) is 1. The van der Waals surface area contributed by atoms with Crippen LogP contribution < -0.4 is 10.1 Å². The Bertz CT molecular complexity index is 883. The molecule has 5 heteroatoms. The molecule has 25 heavy (non-hydrogen) atoms. The summed E-state index contributed by atoms with van der Waals surface area (Å²) in [6.45, 7) is 0.544. The molecule has 0 atom stereocenters. The molecular weight excluding hydrogens is 318 g/mol. The van der Waals surface area contributed by atoms with Crippen molar-refractivity contribution in [2.45, 2.75) is 12.8 Å². The highest BCUT2D eigenvalue weighted by atomic mass is 16.5. The third-order valence-corrected chi connectivity index (χ3v) is 4.02. The molecule has 3 rings (SSSR count). The number of amides is 1. The normalized spacial score (nSPS) is 10.6. The van der Waals surface area contributed by atoms with Crippen LogP contribution in [0.2, 0.25) is 0 Å². The lowest BCUT2D eigenvalue weighted by Gasteiger charge is -2.03. The van der Waals surface area contributed by atoms with Gasteiger partial charge in [-0.2, -0.15) is 0 Å². The Morgan fingerprint density at radius 3 is 2.72 bits per heavy atom. The standard InChI is InChI=1S/C20H19NO4/c1-24-17-10-9-15(13-22)16-12-18(25-19(16)17)20(23)21-11-5-8-14-6-3-2-4-7-14/h2-4,6-7,9-10,12-13H,5,8,11H2,1H3,(H,21,23). The van der Waals surface area contributed by atoms with E-state index in [4.69, 9.17) is 9.15 Å². The largest absolute Gasteiger partial charge is 0.493 e. The maximum Gasteiger partial charge on any atom is 0.287 e. The fraction of sp³-hybridized carbons (Fsp3) is 0.200. The van der Waals surface area contributed by atoms with Crippen molar-refractivity contribution in [3.63, 3.8) is 0 Å². The zero-order valence-corrected chi connectivity index (χ0v) is 14.0. The zero-order chi connectivity index (χ0) is 17.6. The molecule has 0 spiro atoms. The molecule has 5 nitrogen and oxygen atoms in total. The molecule has 0 aliphatic carbocycles. The Balaban J connectivity index is 1.67. The van der Waals surface area contributed by atoms with Gasteiger partial charge in [-0.25, -0.2) is 0 Å². The topological polar surface area (TPSA) is 68.5 Å². The quantitative estimate of drug-likeness (QED) is 0.528. The molecule has 0 radical (unpaired) electrons. The van der Waals surface area contributed by atoms with Crippen LogP contribution in [0.4, 0.5) is 0 Å². The average molecular weight is 337 g/mol. The summed E-state index contributed by atoms with van der Waals surface area (Å²) >= 11 is 0. The van der Waals surface area contributed by atoms with E-state index in [0.29, 0.717) is 28.8 Å². The minimum atomic E-state index is -0.303. The van der Waals surface area contributed by atoms with Crippen LogP contribution in [0.15, 0.2) is 52.9 Å². The molecule has 1 N–H and O–H groups in total. The van der Waals surface area contributed by atoms with Gasteiger partial charge in [0.15, 0.2) is 23.4 Å².